The number of unbranched alkanes of at least 4 members (excludes halogenated alkanes) is 3. The molecule has 1 aliphatic rings. The molecule has 0 unspecified atom stereocenters. The van der Waals surface area contributed by atoms with Gasteiger partial charge in [-0.3, -0.25) is 0 Å². The van der Waals surface area contributed by atoms with Crippen LogP contribution in [0.5, 0.6) is 0 Å². The van der Waals surface area contributed by atoms with Crippen LogP contribution < -0.4 is 16.1 Å². The lowest BCUT2D eigenvalue weighted by Gasteiger charge is -2.28. The lowest BCUT2D eigenvalue weighted by Crippen LogP contribution is -2.31. The van der Waals surface area contributed by atoms with E-state index in [1.807, 2.05) is 13.8 Å². The molecule has 2 rings (SSSR count). The van der Waals surface area contributed by atoms with Gasteiger partial charge in [0.2, 0.25) is 0 Å². The van der Waals surface area contributed by atoms with Crippen LogP contribution in [0.4, 0.5) is 14.5 Å². The van der Waals surface area contributed by atoms with Crippen molar-refractivity contribution in [1.82, 2.24) is 5.32 Å². The fourth-order valence-electron chi connectivity index (χ4n) is 3.06. The molecule has 1 heterocycles. The lowest BCUT2D eigenvalue weighted by atomic mass is 10.0. The van der Waals surface area contributed by atoms with Gasteiger partial charge >= 0.3 is 0 Å². The van der Waals surface area contributed by atoms with Crippen molar-refractivity contribution in [2.45, 2.75) is 51.6 Å². The molecule has 0 radical (unpaired) electrons. The fourth-order valence-corrected chi connectivity index (χ4v) is 3.06. The van der Waals surface area contributed by atoms with Gasteiger partial charge in [-0.25, -0.2) is 13.8 Å². The molecular weight excluding hydrogens is 390 g/mol. The number of nitrogens with two attached hydrogens (primary N) is 1. The van der Waals surface area contributed by atoms with Crippen LogP contribution in [-0.4, -0.2) is 36.6 Å². The van der Waals surface area contributed by atoms with Crippen molar-refractivity contribution in [3.8, 4) is 0 Å². The predicted octanol–water partition coefficient (Wildman–Crippen LogP) is 3.78. The van der Waals surface area contributed by atoms with Gasteiger partial charge in [-0.2, -0.15) is 5.10 Å². The predicted molar refractivity (Wildman–Crippen MR) is 116 cm³/mol. The van der Waals surface area contributed by atoms with Gasteiger partial charge in [-0.1, -0.05) is 25.8 Å². The topological polar surface area (TPSA) is 83.1 Å². The molecule has 0 fully saturated rings. The first-order valence-electron chi connectivity index (χ1n) is 10.2. The number of hydrazone groups is 1. The molecule has 8 heteroatoms. The first kappa shape index (κ1) is 23.8. The zero-order chi connectivity index (χ0) is 22.1. The summed E-state index contributed by atoms with van der Waals surface area (Å²) in [4.78, 5) is 0. The monoisotopic (exact) mass is 422 g/mol. The Kier molecular flexibility index (Phi) is 8.80. The number of ether oxygens (including phenoxy) is 1. The third kappa shape index (κ3) is 7.42. The Morgan fingerprint density at radius 1 is 1.17 bits per heavy atom. The van der Waals surface area contributed by atoms with E-state index < -0.39 is 17.2 Å². The van der Waals surface area contributed by atoms with Crippen LogP contribution in [0.25, 0.3) is 0 Å². The van der Waals surface area contributed by atoms with Crippen molar-refractivity contribution in [3.63, 3.8) is 0 Å². The normalized spacial score (nSPS) is 14.5. The molecule has 166 valence electrons. The molecule has 1 aliphatic heterocycles. The van der Waals surface area contributed by atoms with Gasteiger partial charge in [0.25, 0.3) is 0 Å². The number of benzene rings is 1. The van der Waals surface area contributed by atoms with Crippen LogP contribution in [-0.2, 0) is 4.74 Å². The highest BCUT2D eigenvalue weighted by molar-refractivity contribution is 5.84. The molecule has 0 atom stereocenters. The summed E-state index contributed by atoms with van der Waals surface area (Å²) in [6, 6.07) is 3.17. The Balaban J connectivity index is 2.00. The Hall–Kier alpha value is -2.45. The average Bonchev–Trinajstić information content (AvgIpc) is 2.65. The molecule has 6 nitrogen and oxygen atoms in total. The molecule has 0 saturated heterocycles. The van der Waals surface area contributed by atoms with Crippen LogP contribution >= 0.6 is 0 Å². The highest BCUT2D eigenvalue weighted by Gasteiger charge is 2.23. The molecule has 1 aromatic rings. The van der Waals surface area contributed by atoms with Crippen LogP contribution in [0.15, 0.2) is 47.0 Å². The minimum atomic E-state index is -0.697. The summed E-state index contributed by atoms with van der Waals surface area (Å²) in [5, 5.41) is 18.5. The number of hydrogen-bond donors (Lipinski definition) is 3. The summed E-state index contributed by atoms with van der Waals surface area (Å²) in [5.74, 6) is -0.922. The van der Waals surface area contributed by atoms with E-state index in [0.29, 0.717) is 36.8 Å². The van der Waals surface area contributed by atoms with Gasteiger partial charge in [0.15, 0.2) is 5.76 Å². The van der Waals surface area contributed by atoms with Crippen molar-refractivity contribution < 1.29 is 18.6 Å². The largest absolute Gasteiger partial charge is 0.489 e. The maximum Gasteiger partial charge on any atom is 0.169 e. The zero-order valence-corrected chi connectivity index (χ0v) is 17.8. The van der Waals surface area contributed by atoms with Gasteiger partial charge in [-0.15, -0.1) is 0 Å². The minimum absolute atomic E-state index is 0.222. The molecule has 0 spiro atoms. The van der Waals surface area contributed by atoms with E-state index in [-0.39, 0.29) is 5.69 Å². The average molecular weight is 423 g/mol. The van der Waals surface area contributed by atoms with E-state index in [9.17, 15) is 13.9 Å². The van der Waals surface area contributed by atoms with Crippen LogP contribution in [0, 0.1) is 11.6 Å². The van der Waals surface area contributed by atoms with Gasteiger partial charge in [0, 0.05) is 19.2 Å². The summed E-state index contributed by atoms with van der Waals surface area (Å²) >= 11 is 0. The molecule has 0 aromatic heterocycles. The maximum atomic E-state index is 13.6. The molecule has 30 heavy (non-hydrogen) atoms. The number of allylic oxidation sites excluding steroid dienone is 1. The summed E-state index contributed by atoms with van der Waals surface area (Å²) in [6.07, 6.45) is 6.05. The van der Waals surface area contributed by atoms with E-state index in [0.717, 1.165) is 38.2 Å². The molecule has 0 saturated carbocycles. The molecular formula is C22H32F2N4O2. The highest BCUT2D eigenvalue weighted by Crippen LogP contribution is 2.29. The first-order valence-corrected chi connectivity index (χ1v) is 10.2. The summed E-state index contributed by atoms with van der Waals surface area (Å²) < 4.78 is 33.3. The van der Waals surface area contributed by atoms with E-state index in [4.69, 9.17) is 10.5 Å². The van der Waals surface area contributed by atoms with E-state index >= 15 is 0 Å². The maximum absolute atomic E-state index is 13.6. The van der Waals surface area contributed by atoms with Crippen molar-refractivity contribution in [2.24, 2.45) is 10.8 Å². The SMILES string of the molecule is C=C1C(OCCCCCCC(C)(C)O)=C(NCCN)C=NN1c1cc(F)cc(F)c1. The van der Waals surface area contributed by atoms with E-state index in [1.165, 1.54) is 23.4 Å². The standard InChI is InChI=1S/C22H32F2N4O2/c1-16-21(30-11-7-5-4-6-8-22(2,3)29)20(26-10-9-25)15-27-28(16)19-13-17(23)12-18(24)14-19/h12-15,26,29H,1,4-11,25H2,2-3H3. The van der Waals surface area contributed by atoms with E-state index in [2.05, 4.69) is 17.0 Å². The zero-order valence-electron chi connectivity index (χ0n) is 17.8. The number of nitrogens with zero attached hydrogens (tertiary/aromatic N) is 2. The number of nitrogens with one attached hydrogen (secondary N) is 1. The number of halogens is 2. The third-order valence-corrected chi connectivity index (χ3v) is 4.55. The molecule has 1 aromatic carbocycles. The van der Waals surface area contributed by atoms with Crippen molar-refractivity contribution >= 4 is 11.9 Å². The second-order valence-corrected chi connectivity index (χ2v) is 7.91. The van der Waals surface area contributed by atoms with Gasteiger partial charge in [0.05, 0.1) is 29.8 Å². The Morgan fingerprint density at radius 2 is 1.83 bits per heavy atom. The summed E-state index contributed by atoms with van der Waals surface area (Å²) in [7, 11) is 0. The van der Waals surface area contributed by atoms with Crippen LogP contribution in [0.3, 0.4) is 0 Å². The first-order chi connectivity index (χ1) is 14.2. The lowest BCUT2D eigenvalue weighted by molar-refractivity contribution is 0.0678. The summed E-state index contributed by atoms with van der Waals surface area (Å²) in [6.45, 7) is 9.04. The highest BCUT2D eigenvalue weighted by atomic mass is 19.1. The second-order valence-electron chi connectivity index (χ2n) is 7.91. The van der Waals surface area contributed by atoms with Crippen molar-refractivity contribution in [1.29, 1.82) is 0 Å². The molecule has 0 amide bonds. The Morgan fingerprint density at radius 3 is 2.47 bits per heavy atom. The fraction of sp³-hybridized carbons (Fsp3) is 0.500. The molecule has 4 N–H and O–H groups in total. The van der Waals surface area contributed by atoms with Crippen LogP contribution in [0.1, 0.15) is 46.0 Å². The van der Waals surface area contributed by atoms with Gasteiger partial charge in [0.1, 0.15) is 17.3 Å². The minimum Gasteiger partial charge on any atom is -0.489 e. The van der Waals surface area contributed by atoms with Gasteiger partial charge < -0.3 is 20.9 Å². The van der Waals surface area contributed by atoms with Crippen LogP contribution in [0.2, 0.25) is 0 Å². The number of aliphatic hydroxyl groups is 1. The van der Waals surface area contributed by atoms with Crippen molar-refractivity contribution in [3.05, 3.63) is 53.6 Å². The quantitative estimate of drug-likeness (QED) is 0.447. The van der Waals surface area contributed by atoms with Gasteiger partial charge in [-0.05, 0) is 38.8 Å². The smallest absolute Gasteiger partial charge is 0.169 e. The number of anilines is 1. The number of hydrogen-bond acceptors (Lipinski definition) is 6. The van der Waals surface area contributed by atoms with Crippen molar-refractivity contribution in [2.75, 3.05) is 24.7 Å². The van der Waals surface area contributed by atoms with E-state index in [1.54, 1.807) is 0 Å². The summed E-state index contributed by atoms with van der Waals surface area (Å²) in [5.41, 5.74) is 6.16. The molecule has 0 aliphatic carbocycles. The Labute approximate surface area is 177 Å². The Bertz CT molecular complexity index is 768. The molecule has 0 bridgehead atoms. The number of rotatable bonds is 12. The second kappa shape index (κ2) is 11.1. The third-order valence-electron chi connectivity index (χ3n) is 4.55.